The van der Waals surface area contributed by atoms with Gasteiger partial charge < -0.3 is 0 Å². The SMILES string of the molecule is COc1ccc(C2O[C@@H]3[C@H](O2)[C@@H](C[Se]C#N)O[C@H]3n2ccc(=O)[nH]c2=O)cc1. The Hall–Kier alpha value is -2.41. The zero-order valence-electron chi connectivity index (χ0n) is 14.8. The molecule has 0 radical (unpaired) electrons. The van der Waals surface area contributed by atoms with E-state index in [9.17, 15) is 9.59 Å². The first-order valence-corrected chi connectivity index (χ1v) is 10.6. The Balaban J connectivity index is 1.62. The first-order chi connectivity index (χ1) is 13.6. The van der Waals surface area contributed by atoms with Crippen LogP contribution < -0.4 is 16.0 Å². The van der Waals surface area contributed by atoms with Crippen molar-refractivity contribution in [1.29, 1.82) is 5.26 Å². The molecule has 2 saturated heterocycles. The summed E-state index contributed by atoms with van der Waals surface area (Å²) in [5.41, 5.74) is -0.258. The van der Waals surface area contributed by atoms with Crippen LogP contribution in [0.2, 0.25) is 5.32 Å². The second-order valence-corrected chi connectivity index (χ2v) is 7.98. The van der Waals surface area contributed by atoms with Crippen LogP contribution >= 0.6 is 0 Å². The first-order valence-electron chi connectivity index (χ1n) is 8.53. The molecular weight excluding hydrogens is 433 g/mol. The number of H-pyrrole nitrogens is 1. The third-order valence-corrected chi connectivity index (χ3v) is 5.98. The van der Waals surface area contributed by atoms with Gasteiger partial charge in [-0.05, 0) is 0 Å². The van der Waals surface area contributed by atoms with Gasteiger partial charge in [-0.3, -0.25) is 0 Å². The molecule has 0 saturated carbocycles. The second-order valence-electron chi connectivity index (χ2n) is 6.29. The molecule has 28 heavy (non-hydrogen) atoms. The van der Waals surface area contributed by atoms with Crippen LogP contribution in [0.5, 0.6) is 5.75 Å². The normalized spacial score (nSPS) is 28.6. The number of nitriles is 1. The number of hydrogen-bond acceptors (Lipinski definition) is 7. The number of hydrogen-bond donors (Lipinski definition) is 1. The molecule has 4 rings (SSSR count). The number of aromatic amines is 1. The van der Waals surface area contributed by atoms with Gasteiger partial charge in [-0.2, -0.15) is 0 Å². The molecule has 2 fully saturated rings. The number of fused-ring (bicyclic) bond motifs is 1. The van der Waals surface area contributed by atoms with Gasteiger partial charge in [0.05, 0.1) is 0 Å². The molecule has 5 atom stereocenters. The van der Waals surface area contributed by atoms with Crippen molar-refractivity contribution >= 4 is 15.0 Å². The van der Waals surface area contributed by atoms with Gasteiger partial charge in [0.2, 0.25) is 0 Å². The molecule has 2 aromatic rings. The molecule has 0 bridgehead atoms. The van der Waals surface area contributed by atoms with E-state index in [0.29, 0.717) is 5.32 Å². The molecule has 0 spiro atoms. The number of methoxy groups -OCH3 is 1. The van der Waals surface area contributed by atoms with Gasteiger partial charge in [0.15, 0.2) is 0 Å². The van der Waals surface area contributed by atoms with Crippen molar-refractivity contribution in [3.8, 4) is 10.7 Å². The average molecular weight is 450 g/mol. The Morgan fingerprint density at radius 2 is 1.93 bits per heavy atom. The summed E-state index contributed by atoms with van der Waals surface area (Å²) in [6.07, 6.45) is -1.34. The molecule has 2 aliphatic heterocycles. The van der Waals surface area contributed by atoms with Crippen LogP contribution in [0.25, 0.3) is 0 Å². The van der Waals surface area contributed by atoms with E-state index in [4.69, 9.17) is 24.2 Å². The van der Waals surface area contributed by atoms with Gasteiger partial charge in [0.1, 0.15) is 0 Å². The number of aromatic nitrogens is 2. The van der Waals surface area contributed by atoms with Gasteiger partial charge in [-0.15, -0.1) is 0 Å². The van der Waals surface area contributed by atoms with E-state index < -0.39 is 36.0 Å². The molecule has 146 valence electrons. The number of benzene rings is 1. The molecule has 10 heteroatoms. The van der Waals surface area contributed by atoms with Crippen LogP contribution in [-0.4, -0.2) is 49.9 Å². The van der Waals surface area contributed by atoms with Crippen LogP contribution in [0.15, 0.2) is 46.1 Å². The van der Waals surface area contributed by atoms with Crippen molar-refractivity contribution in [2.75, 3.05) is 7.11 Å². The third-order valence-electron chi connectivity index (χ3n) is 4.67. The van der Waals surface area contributed by atoms with Gasteiger partial charge in [0.25, 0.3) is 0 Å². The minimum atomic E-state index is -0.753. The predicted octanol–water partition coefficient (Wildman–Crippen LogP) is 0.529. The number of rotatable bonds is 5. The molecule has 0 amide bonds. The van der Waals surface area contributed by atoms with E-state index in [2.05, 4.69) is 9.95 Å². The molecule has 3 heterocycles. The summed E-state index contributed by atoms with van der Waals surface area (Å²) in [5, 5.41) is 9.46. The Morgan fingerprint density at radius 3 is 2.61 bits per heavy atom. The second kappa shape index (κ2) is 7.91. The monoisotopic (exact) mass is 451 g/mol. The summed E-state index contributed by atoms with van der Waals surface area (Å²) in [6, 6.07) is 8.57. The summed E-state index contributed by atoms with van der Waals surface area (Å²) >= 11 is -0.276. The molecule has 1 N–H and O–H groups in total. The van der Waals surface area contributed by atoms with E-state index in [1.807, 2.05) is 24.3 Å². The fourth-order valence-corrected chi connectivity index (χ4v) is 4.42. The Morgan fingerprint density at radius 1 is 1.18 bits per heavy atom. The van der Waals surface area contributed by atoms with Crippen molar-refractivity contribution in [3.05, 3.63) is 62.9 Å². The topological polar surface area (TPSA) is 116 Å². The summed E-state index contributed by atoms with van der Waals surface area (Å²) in [4.78, 5) is 28.0. The molecule has 9 nitrogen and oxygen atoms in total. The van der Waals surface area contributed by atoms with Crippen molar-refractivity contribution in [2.24, 2.45) is 0 Å². The van der Waals surface area contributed by atoms with Crippen molar-refractivity contribution in [2.45, 2.75) is 36.1 Å². The van der Waals surface area contributed by atoms with E-state index in [1.165, 1.54) is 16.8 Å². The van der Waals surface area contributed by atoms with Gasteiger partial charge in [0, 0.05) is 0 Å². The molecule has 1 unspecified atom stereocenters. The zero-order valence-corrected chi connectivity index (χ0v) is 16.5. The number of nitrogens with one attached hydrogen (secondary N) is 1. The minimum absolute atomic E-state index is 0.276. The molecule has 1 aromatic heterocycles. The quantitative estimate of drug-likeness (QED) is 0.661. The van der Waals surface area contributed by atoms with Crippen molar-refractivity contribution < 1.29 is 18.9 Å². The van der Waals surface area contributed by atoms with E-state index in [0.717, 1.165) is 11.3 Å². The Labute approximate surface area is 165 Å². The maximum atomic E-state index is 12.2. The number of ether oxygens (including phenoxy) is 4. The summed E-state index contributed by atoms with van der Waals surface area (Å²) in [7, 11) is 1.59. The van der Waals surface area contributed by atoms with Crippen LogP contribution in [0.3, 0.4) is 0 Å². The van der Waals surface area contributed by atoms with Crippen LogP contribution in [0.1, 0.15) is 18.1 Å². The Bertz CT molecular complexity index is 998. The number of nitrogens with zero attached hydrogens (tertiary/aromatic N) is 2. The molecular formula is C18H17N3O6Se. The first kappa shape index (κ1) is 18.9. The zero-order chi connectivity index (χ0) is 19.7. The van der Waals surface area contributed by atoms with E-state index >= 15 is 0 Å². The van der Waals surface area contributed by atoms with E-state index in [1.54, 1.807) is 7.11 Å². The summed E-state index contributed by atoms with van der Waals surface area (Å²) < 4.78 is 24.6. The average Bonchev–Trinajstić information content (AvgIpc) is 3.27. The van der Waals surface area contributed by atoms with E-state index in [-0.39, 0.29) is 21.1 Å². The van der Waals surface area contributed by atoms with Crippen LogP contribution in [-0.2, 0) is 14.2 Å². The summed E-state index contributed by atoms with van der Waals surface area (Å²) in [6.45, 7) is 0. The third kappa shape index (κ3) is 3.51. The Kier molecular flexibility index (Phi) is 5.35. The standard InChI is InChI=1S/C18H17N3O6Se/c1-24-11-4-2-10(3-5-11)17-26-14-12(8-28-9-19)25-16(15(14)27-17)21-7-6-13(22)20-18(21)23/h2-7,12,14-17H,8H2,1H3,(H,20,22,23)/t12-,14-,15-,16-,17?/m1/s1. The molecule has 0 aliphatic carbocycles. The van der Waals surface area contributed by atoms with Gasteiger partial charge in [-0.1, -0.05) is 0 Å². The fraction of sp³-hybridized carbons (Fsp3) is 0.389. The van der Waals surface area contributed by atoms with Crippen LogP contribution in [0, 0.1) is 10.2 Å². The summed E-state index contributed by atoms with van der Waals surface area (Å²) in [5.74, 6) is 0.720. The van der Waals surface area contributed by atoms with Gasteiger partial charge in [-0.25, -0.2) is 0 Å². The fourth-order valence-electron chi connectivity index (χ4n) is 3.36. The molecule has 2 aliphatic rings. The van der Waals surface area contributed by atoms with Crippen LogP contribution in [0.4, 0.5) is 0 Å². The maximum absolute atomic E-state index is 12.2. The molecule has 1 aromatic carbocycles. The predicted molar refractivity (Wildman–Crippen MR) is 96.9 cm³/mol. The van der Waals surface area contributed by atoms with Crippen molar-refractivity contribution in [3.63, 3.8) is 0 Å². The van der Waals surface area contributed by atoms with Crippen molar-refractivity contribution in [1.82, 2.24) is 9.55 Å². The van der Waals surface area contributed by atoms with Gasteiger partial charge >= 0.3 is 166 Å².